The van der Waals surface area contributed by atoms with Gasteiger partial charge < -0.3 is 21.2 Å². The number of hydrogen-bond acceptors (Lipinski definition) is 8. The van der Waals surface area contributed by atoms with Crippen LogP contribution in [0.3, 0.4) is 0 Å². The zero-order chi connectivity index (χ0) is 23.3. The lowest BCUT2D eigenvalue weighted by Gasteiger charge is -2.19. The Morgan fingerprint density at radius 3 is 2.62 bits per heavy atom. The quantitative estimate of drug-likeness (QED) is 0.174. The zero-order valence-corrected chi connectivity index (χ0v) is 19.5. The number of allylic oxidation sites excluding steroid dienone is 1. The highest BCUT2D eigenvalue weighted by Gasteiger charge is 2.17. The van der Waals surface area contributed by atoms with Crippen molar-refractivity contribution in [2.75, 3.05) is 22.6 Å². The van der Waals surface area contributed by atoms with E-state index in [-0.39, 0.29) is 5.92 Å². The summed E-state index contributed by atoms with van der Waals surface area (Å²) in [6.07, 6.45) is 1.76. The van der Waals surface area contributed by atoms with Crippen molar-refractivity contribution in [2.45, 2.75) is 59.9 Å². The molecule has 9 nitrogen and oxygen atoms in total. The third-order valence-corrected chi connectivity index (χ3v) is 4.98. The predicted octanol–water partition coefficient (Wildman–Crippen LogP) is 3.88. The number of nitrogens with zero attached hydrogens (tertiary/aromatic N) is 4. The first kappa shape index (κ1) is 23.5. The number of rotatable bonds is 11. The fourth-order valence-electron chi connectivity index (χ4n) is 3.59. The fraction of sp³-hybridized carbons (Fsp3) is 0.435. The molecule has 0 saturated carbocycles. The van der Waals surface area contributed by atoms with Crippen LogP contribution >= 0.6 is 0 Å². The number of anilines is 3. The van der Waals surface area contributed by atoms with Gasteiger partial charge >= 0.3 is 0 Å². The van der Waals surface area contributed by atoms with Crippen LogP contribution in [0.1, 0.15) is 50.1 Å². The summed E-state index contributed by atoms with van der Waals surface area (Å²) in [5.74, 6) is 1.66. The van der Waals surface area contributed by atoms with E-state index in [2.05, 4.69) is 58.9 Å². The summed E-state index contributed by atoms with van der Waals surface area (Å²) in [6.45, 7) is 15.5. The first-order valence-corrected chi connectivity index (χ1v) is 11.0. The summed E-state index contributed by atoms with van der Waals surface area (Å²) < 4.78 is 1.84. The molecule has 0 aliphatic carbocycles. The molecule has 9 heteroatoms. The van der Waals surface area contributed by atoms with E-state index in [9.17, 15) is 5.11 Å². The van der Waals surface area contributed by atoms with Gasteiger partial charge in [-0.15, -0.1) is 6.58 Å². The number of aryl methyl sites for hydroxylation is 2. The average Bonchev–Trinajstić information content (AvgIpc) is 3.05. The van der Waals surface area contributed by atoms with Crippen molar-refractivity contribution in [3.63, 3.8) is 0 Å². The summed E-state index contributed by atoms with van der Waals surface area (Å²) >= 11 is 0. The van der Waals surface area contributed by atoms with Gasteiger partial charge in [0, 0.05) is 29.4 Å². The van der Waals surface area contributed by atoms with Gasteiger partial charge in [-0.05, 0) is 43.9 Å². The molecular weight excluding hydrogens is 404 g/mol. The molecule has 3 aromatic heterocycles. The largest absolute Gasteiger partial charge is 0.370 e. The predicted molar refractivity (Wildman–Crippen MR) is 131 cm³/mol. The Balaban J connectivity index is 1.76. The van der Waals surface area contributed by atoms with E-state index in [0.29, 0.717) is 12.4 Å². The Morgan fingerprint density at radius 2 is 1.94 bits per heavy atom. The molecule has 0 fully saturated rings. The Labute approximate surface area is 189 Å². The van der Waals surface area contributed by atoms with Crippen molar-refractivity contribution in [2.24, 2.45) is 0 Å². The molecule has 0 saturated heterocycles. The van der Waals surface area contributed by atoms with Crippen LogP contribution in [0.5, 0.6) is 0 Å². The Bertz CT molecular complexity index is 1080. The summed E-state index contributed by atoms with van der Waals surface area (Å²) in [6, 6.07) is 5.73. The molecular formula is C23H34N8O. The maximum Gasteiger partial charge on any atom is 0.198 e. The van der Waals surface area contributed by atoms with Gasteiger partial charge in [0.15, 0.2) is 12.0 Å². The maximum absolute atomic E-state index is 10.5. The van der Waals surface area contributed by atoms with Crippen molar-refractivity contribution >= 4 is 28.4 Å². The highest BCUT2D eigenvalue weighted by molar-refractivity contribution is 5.84. The highest BCUT2D eigenvalue weighted by Crippen LogP contribution is 2.29. The van der Waals surface area contributed by atoms with Crippen LogP contribution in [0.2, 0.25) is 0 Å². The van der Waals surface area contributed by atoms with Crippen LogP contribution in [0.4, 0.5) is 17.3 Å². The van der Waals surface area contributed by atoms with Gasteiger partial charge in [-0.2, -0.15) is 10.5 Å². The smallest absolute Gasteiger partial charge is 0.198 e. The van der Waals surface area contributed by atoms with Crippen molar-refractivity contribution in [1.29, 1.82) is 0 Å². The molecule has 0 spiro atoms. The summed E-state index contributed by atoms with van der Waals surface area (Å²) in [5, 5.41) is 22.4. The average molecular weight is 439 g/mol. The number of hydrogen-bond donors (Lipinski definition) is 5. The van der Waals surface area contributed by atoms with Gasteiger partial charge in [-0.1, -0.05) is 26.8 Å². The third kappa shape index (κ3) is 5.54. The first-order valence-electron chi connectivity index (χ1n) is 11.0. The molecule has 3 aromatic rings. The molecule has 3 rings (SSSR count). The third-order valence-electron chi connectivity index (χ3n) is 4.98. The van der Waals surface area contributed by atoms with E-state index < -0.39 is 6.35 Å². The summed E-state index contributed by atoms with van der Waals surface area (Å²) in [4.78, 5) is 9.18. The number of aliphatic hydroxyl groups is 1. The van der Waals surface area contributed by atoms with E-state index >= 15 is 0 Å². The van der Waals surface area contributed by atoms with E-state index in [1.165, 1.54) is 0 Å². The lowest BCUT2D eigenvalue weighted by molar-refractivity contribution is 0.175. The second-order valence-electron chi connectivity index (χ2n) is 8.13. The lowest BCUT2D eigenvalue weighted by atomic mass is 10.00. The molecule has 172 valence electrons. The number of fused-ring (bicyclic) bond motifs is 1. The van der Waals surface area contributed by atoms with Gasteiger partial charge in [-0.3, -0.25) is 0 Å². The number of aromatic nitrogens is 4. The highest BCUT2D eigenvalue weighted by atomic mass is 16.3. The number of pyridine rings is 2. The second-order valence-corrected chi connectivity index (χ2v) is 8.13. The normalized spacial score (nSPS) is 12.2. The van der Waals surface area contributed by atoms with Crippen LogP contribution < -0.4 is 21.5 Å². The van der Waals surface area contributed by atoms with Gasteiger partial charge in [-0.25, -0.2) is 14.6 Å². The number of aliphatic hydroxyl groups excluding tert-OH is 1. The number of hydrazine groups is 1. The van der Waals surface area contributed by atoms with Gasteiger partial charge in [0.2, 0.25) is 0 Å². The lowest BCUT2D eigenvalue weighted by Crippen LogP contribution is -2.40. The molecule has 1 atom stereocenters. The monoisotopic (exact) mass is 438 g/mol. The van der Waals surface area contributed by atoms with Crippen LogP contribution in [-0.2, 0) is 6.54 Å². The van der Waals surface area contributed by atoms with E-state index in [0.717, 1.165) is 52.5 Å². The standard InChI is InChI=1S/C23H34N8O/c1-7-9-24-19-12-17(11-15(5)25-19)26-23(32)29-28-20-13-18(14(3)4)21-16(6)30-31(10-8-2)22(21)27-20/h8,11-14,23,29,32H,2,7,9-10H2,1,3-6H3,(H,27,28)(H2,24,25,26). The minimum atomic E-state index is -1.05. The molecule has 0 radical (unpaired) electrons. The molecule has 0 amide bonds. The molecule has 5 N–H and O–H groups in total. The van der Waals surface area contributed by atoms with E-state index in [4.69, 9.17) is 4.98 Å². The minimum Gasteiger partial charge on any atom is -0.370 e. The molecule has 0 aromatic carbocycles. The Hall–Kier alpha value is -3.17. The van der Waals surface area contributed by atoms with Crippen LogP contribution in [0, 0.1) is 13.8 Å². The minimum absolute atomic E-state index is 0.290. The molecule has 0 bridgehead atoms. The van der Waals surface area contributed by atoms with Gasteiger partial charge in [0.05, 0.1) is 12.2 Å². The maximum atomic E-state index is 10.5. The second kappa shape index (κ2) is 10.4. The summed E-state index contributed by atoms with van der Waals surface area (Å²) in [5.41, 5.74) is 10.4. The van der Waals surface area contributed by atoms with Crippen molar-refractivity contribution < 1.29 is 5.11 Å². The Kier molecular flexibility index (Phi) is 7.66. The van der Waals surface area contributed by atoms with Crippen LogP contribution in [-0.4, -0.2) is 37.8 Å². The SMILES string of the molecule is C=CCn1nc(C)c2c(C(C)C)cc(NNC(O)Nc3cc(C)nc(NCCC)c3)nc21. The van der Waals surface area contributed by atoms with E-state index in [1.807, 2.05) is 36.7 Å². The van der Waals surface area contributed by atoms with Crippen LogP contribution in [0.15, 0.2) is 30.9 Å². The number of nitrogens with one attached hydrogen (secondary N) is 4. The zero-order valence-electron chi connectivity index (χ0n) is 19.5. The van der Waals surface area contributed by atoms with Gasteiger partial charge in [0.25, 0.3) is 0 Å². The van der Waals surface area contributed by atoms with Crippen molar-refractivity contribution in [3.8, 4) is 0 Å². The fourth-order valence-corrected chi connectivity index (χ4v) is 3.59. The van der Waals surface area contributed by atoms with Gasteiger partial charge in [0.1, 0.15) is 11.6 Å². The molecule has 3 heterocycles. The Morgan fingerprint density at radius 1 is 1.16 bits per heavy atom. The van der Waals surface area contributed by atoms with Crippen molar-refractivity contribution in [1.82, 2.24) is 25.2 Å². The topological polar surface area (TPSA) is 112 Å². The van der Waals surface area contributed by atoms with Crippen molar-refractivity contribution in [3.05, 3.63) is 47.8 Å². The first-order chi connectivity index (χ1) is 15.3. The molecule has 32 heavy (non-hydrogen) atoms. The molecule has 0 aliphatic heterocycles. The summed E-state index contributed by atoms with van der Waals surface area (Å²) in [7, 11) is 0. The molecule has 0 aliphatic rings. The van der Waals surface area contributed by atoms with E-state index in [1.54, 1.807) is 6.08 Å². The van der Waals surface area contributed by atoms with Crippen LogP contribution in [0.25, 0.3) is 11.0 Å². The molecule has 1 unspecified atom stereocenters.